The Morgan fingerprint density at radius 3 is 1.49 bits per heavy atom. The molecule has 1 N–H and O–H groups in total. The van der Waals surface area contributed by atoms with Gasteiger partial charge in [0.05, 0.1) is 0 Å². The molecule has 0 heterocycles. The van der Waals surface area contributed by atoms with Crippen molar-refractivity contribution in [3.05, 3.63) is 24.3 Å². The van der Waals surface area contributed by atoms with E-state index in [1.54, 1.807) is 6.92 Å². The van der Waals surface area contributed by atoms with E-state index in [2.05, 4.69) is 20.1 Å². The van der Waals surface area contributed by atoms with Crippen molar-refractivity contribution in [2.24, 2.45) is 0 Å². The summed E-state index contributed by atoms with van der Waals surface area (Å²) < 4.78 is 5.21. The van der Waals surface area contributed by atoms with Crippen LogP contribution in [0.2, 0.25) is 0 Å². The van der Waals surface area contributed by atoms with Crippen molar-refractivity contribution in [1.29, 1.82) is 0 Å². The molecule has 1 aliphatic carbocycles. The van der Waals surface area contributed by atoms with Crippen molar-refractivity contribution in [3.63, 3.8) is 0 Å². The van der Waals surface area contributed by atoms with Crippen molar-refractivity contribution in [2.75, 3.05) is 0 Å². The quantitative estimate of drug-likeness (QED) is 0.104. The third kappa shape index (κ3) is 22.6. The van der Waals surface area contributed by atoms with Gasteiger partial charge in [0.25, 0.3) is 0 Å². The Kier molecular flexibility index (Phi) is 23.0. The molecule has 0 amide bonds. The topological polar surface area (TPSA) is 63.6 Å². The minimum Gasteiger partial charge on any atom is -0.478 e. The number of carbonyl (C=O) groups is 2. The molecule has 0 atom stereocenters. The van der Waals surface area contributed by atoms with Crippen molar-refractivity contribution in [3.8, 4) is 0 Å². The number of hydrogen-bond acceptors (Lipinski definition) is 3. The Morgan fingerprint density at radius 1 is 0.714 bits per heavy atom. The van der Waals surface area contributed by atoms with E-state index in [0.29, 0.717) is 17.6 Å². The summed E-state index contributed by atoms with van der Waals surface area (Å²) >= 11 is 0. The molecule has 0 aromatic heterocycles. The van der Waals surface area contributed by atoms with E-state index in [0.717, 1.165) is 25.7 Å². The lowest BCUT2D eigenvalue weighted by atomic mass is 9.98. The van der Waals surface area contributed by atoms with Crippen molar-refractivity contribution in [2.45, 2.75) is 161 Å². The highest BCUT2D eigenvalue weighted by Gasteiger charge is 2.17. The third-order valence-corrected chi connectivity index (χ3v) is 6.81. The maximum atomic E-state index is 11.1. The third-order valence-electron chi connectivity index (χ3n) is 6.81. The summed E-state index contributed by atoms with van der Waals surface area (Å²) in [6.45, 7) is 11.1. The maximum absolute atomic E-state index is 11.1. The highest BCUT2D eigenvalue weighted by atomic mass is 16.5. The number of rotatable bonds is 20. The standard InChI is InChI=1S/C21H40O2.C10H16O2/c1-3-4-5-6-7-8-9-10-11-12-13-14-15-16-17-18-19-20(2)21(22)23;1-8(2)10(11)12-9-6-4-3-5-7-9/h2-19H2,1H3,(H,22,23);9H,1,3-7H2,2H3. The van der Waals surface area contributed by atoms with Crippen LogP contribution >= 0.6 is 0 Å². The monoisotopic (exact) mass is 492 g/mol. The Hall–Kier alpha value is -1.58. The molecule has 0 unspecified atom stereocenters. The predicted octanol–water partition coefficient (Wildman–Crippen LogP) is 9.72. The SMILES string of the molecule is C=C(C)C(=O)OC1CCCCC1.C=C(CCCCCCCCCCCCCCCCCC)C(=O)O. The maximum Gasteiger partial charge on any atom is 0.333 e. The zero-order valence-electron chi connectivity index (χ0n) is 23.2. The smallest absolute Gasteiger partial charge is 0.333 e. The number of carbonyl (C=O) groups excluding carboxylic acids is 1. The molecular formula is C31H56O4. The average molecular weight is 493 g/mol. The molecule has 0 spiro atoms. The van der Waals surface area contributed by atoms with Crippen LogP contribution in [0.15, 0.2) is 24.3 Å². The second-order valence-corrected chi connectivity index (χ2v) is 10.4. The van der Waals surface area contributed by atoms with E-state index in [4.69, 9.17) is 9.84 Å². The van der Waals surface area contributed by atoms with Crippen molar-refractivity contribution >= 4 is 11.9 Å². The zero-order chi connectivity index (χ0) is 26.2. The van der Waals surface area contributed by atoms with E-state index < -0.39 is 5.97 Å². The summed E-state index contributed by atoms with van der Waals surface area (Å²) in [6, 6.07) is 0. The normalized spacial score (nSPS) is 13.5. The van der Waals surface area contributed by atoms with Gasteiger partial charge in [0.1, 0.15) is 6.10 Å². The van der Waals surface area contributed by atoms with E-state index in [1.165, 1.54) is 109 Å². The van der Waals surface area contributed by atoms with Crippen LogP contribution in [0.3, 0.4) is 0 Å². The molecule has 204 valence electrons. The molecule has 0 saturated heterocycles. The lowest BCUT2D eigenvalue weighted by molar-refractivity contribution is -0.145. The number of hydrogen-bond donors (Lipinski definition) is 1. The van der Waals surface area contributed by atoms with Crippen LogP contribution in [0, 0.1) is 0 Å². The first-order chi connectivity index (χ1) is 16.9. The fourth-order valence-corrected chi connectivity index (χ4v) is 4.43. The zero-order valence-corrected chi connectivity index (χ0v) is 23.2. The molecule has 0 aromatic carbocycles. The van der Waals surface area contributed by atoms with Crippen LogP contribution in [0.4, 0.5) is 0 Å². The van der Waals surface area contributed by atoms with E-state index in [-0.39, 0.29) is 12.1 Å². The summed E-state index contributed by atoms with van der Waals surface area (Å²) in [4.78, 5) is 21.7. The number of unbranched alkanes of at least 4 members (excludes halogenated alkanes) is 15. The number of carboxylic acid groups (broad SMARTS) is 1. The molecule has 4 heteroatoms. The summed E-state index contributed by atoms with van der Waals surface area (Å²) in [7, 11) is 0. The number of carboxylic acids is 1. The Labute approximate surface area is 217 Å². The highest BCUT2D eigenvalue weighted by Crippen LogP contribution is 2.21. The molecular weight excluding hydrogens is 436 g/mol. The highest BCUT2D eigenvalue weighted by molar-refractivity contribution is 5.87. The molecule has 1 saturated carbocycles. The second-order valence-electron chi connectivity index (χ2n) is 10.4. The summed E-state index contributed by atoms with van der Waals surface area (Å²) in [6.07, 6.45) is 28.0. The van der Waals surface area contributed by atoms with Crippen LogP contribution in [0.5, 0.6) is 0 Å². The summed E-state index contributed by atoms with van der Waals surface area (Å²) in [5, 5.41) is 8.71. The molecule has 1 rings (SSSR count). The van der Waals surface area contributed by atoms with Crippen LogP contribution in [0.25, 0.3) is 0 Å². The van der Waals surface area contributed by atoms with Crippen LogP contribution < -0.4 is 0 Å². The fourth-order valence-electron chi connectivity index (χ4n) is 4.43. The lowest BCUT2D eigenvalue weighted by Crippen LogP contribution is -2.20. The average Bonchev–Trinajstić information content (AvgIpc) is 2.84. The van der Waals surface area contributed by atoms with Gasteiger partial charge in [-0.15, -0.1) is 0 Å². The van der Waals surface area contributed by atoms with Gasteiger partial charge in [0.15, 0.2) is 0 Å². The minimum absolute atomic E-state index is 0.156. The van der Waals surface area contributed by atoms with Gasteiger partial charge in [-0.25, -0.2) is 9.59 Å². The van der Waals surface area contributed by atoms with E-state index in [9.17, 15) is 9.59 Å². The van der Waals surface area contributed by atoms with Crippen LogP contribution in [-0.4, -0.2) is 23.1 Å². The number of esters is 1. The summed E-state index contributed by atoms with van der Waals surface area (Å²) in [5.74, 6) is -1.08. The van der Waals surface area contributed by atoms with Gasteiger partial charge in [-0.3, -0.25) is 0 Å². The molecule has 35 heavy (non-hydrogen) atoms. The second kappa shape index (κ2) is 24.1. The van der Waals surface area contributed by atoms with Gasteiger partial charge >= 0.3 is 11.9 Å². The fraction of sp³-hybridized carbons (Fsp3) is 0.806. The van der Waals surface area contributed by atoms with E-state index in [1.807, 2.05) is 0 Å². The molecule has 0 bridgehead atoms. The molecule has 0 aromatic rings. The molecule has 1 fully saturated rings. The van der Waals surface area contributed by atoms with Crippen molar-refractivity contribution in [1.82, 2.24) is 0 Å². The molecule has 0 radical (unpaired) electrons. The van der Waals surface area contributed by atoms with Gasteiger partial charge in [0.2, 0.25) is 0 Å². The van der Waals surface area contributed by atoms with Crippen LogP contribution in [-0.2, 0) is 14.3 Å². The first kappa shape index (κ1) is 33.4. The molecule has 0 aliphatic heterocycles. The number of aliphatic carboxylic acids is 1. The lowest BCUT2D eigenvalue weighted by Gasteiger charge is -2.21. The van der Waals surface area contributed by atoms with Gasteiger partial charge in [0, 0.05) is 11.1 Å². The molecule has 4 nitrogen and oxygen atoms in total. The first-order valence-corrected chi connectivity index (χ1v) is 14.7. The van der Waals surface area contributed by atoms with E-state index >= 15 is 0 Å². The van der Waals surface area contributed by atoms with Gasteiger partial charge in [-0.1, -0.05) is 123 Å². The van der Waals surface area contributed by atoms with Crippen LogP contribution in [0.1, 0.15) is 155 Å². The minimum atomic E-state index is -0.842. The number of ether oxygens (including phenoxy) is 1. The van der Waals surface area contributed by atoms with Gasteiger partial charge in [-0.05, 0) is 45.4 Å². The Balaban J connectivity index is 0.000000801. The summed E-state index contributed by atoms with van der Waals surface area (Å²) in [5.41, 5.74) is 0.857. The van der Waals surface area contributed by atoms with Crippen molar-refractivity contribution < 1.29 is 19.4 Å². The Bertz CT molecular complexity index is 560. The molecule has 1 aliphatic rings. The predicted molar refractivity (Wildman–Crippen MR) is 149 cm³/mol. The van der Waals surface area contributed by atoms with Gasteiger partial charge < -0.3 is 9.84 Å². The van der Waals surface area contributed by atoms with Gasteiger partial charge in [-0.2, -0.15) is 0 Å². The first-order valence-electron chi connectivity index (χ1n) is 14.7. The largest absolute Gasteiger partial charge is 0.478 e. The Morgan fingerprint density at radius 2 is 1.11 bits per heavy atom.